The minimum absolute atomic E-state index is 0.0816. The van der Waals surface area contributed by atoms with E-state index in [1.165, 1.54) is 0 Å². The predicted molar refractivity (Wildman–Crippen MR) is 93.2 cm³/mol. The van der Waals surface area contributed by atoms with Gasteiger partial charge in [0, 0.05) is 6.42 Å². The van der Waals surface area contributed by atoms with Gasteiger partial charge in [-0.05, 0) is 25.3 Å². The second-order valence-corrected chi connectivity index (χ2v) is 7.05. The number of rotatable bonds is 0. The first-order valence-corrected chi connectivity index (χ1v) is 9.14. The van der Waals surface area contributed by atoms with Gasteiger partial charge < -0.3 is 20.6 Å². The maximum atomic E-state index is 13.6. The van der Waals surface area contributed by atoms with Gasteiger partial charge in [-0.1, -0.05) is 12.8 Å². The zero-order chi connectivity index (χ0) is 23.0. The minimum atomic E-state index is -5.16. The third-order valence-electron chi connectivity index (χ3n) is 4.76. The molecule has 0 saturated carbocycles. The Hall–Kier alpha value is -2.90. The Kier molecular flexibility index (Phi) is 5.86. The zero-order valence-electron chi connectivity index (χ0n) is 15.8. The van der Waals surface area contributed by atoms with Gasteiger partial charge in [-0.2, -0.15) is 26.3 Å². The number of nitrogens with one attached hydrogen (secondary N) is 1. The number of nitrogens with zero attached hydrogens (tertiary/aromatic N) is 3. The number of pyridine rings is 1. The lowest BCUT2D eigenvalue weighted by Gasteiger charge is -2.26. The molecule has 0 aliphatic carbocycles. The average molecular weight is 453 g/mol. The Balaban J connectivity index is 2.16. The topological polar surface area (TPSA) is 127 Å². The van der Waals surface area contributed by atoms with Crippen LogP contribution in [0.3, 0.4) is 0 Å². The van der Waals surface area contributed by atoms with Gasteiger partial charge in [-0.3, -0.25) is 4.79 Å². The average Bonchev–Trinajstić information content (AvgIpc) is 3.13. The fraction of sp³-hybridized carbons (Fsp3) is 0.529. The van der Waals surface area contributed by atoms with Gasteiger partial charge >= 0.3 is 12.4 Å². The van der Waals surface area contributed by atoms with Gasteiger partial charge in [0.05, 0.1) is 5.69 Å². The van der Waals surface area contributed by atoms with Crippen LogP contribution in [-0.4, -0.2) is 32.4 Å². The molecule has 3 heterocycles. The monoisotopic (exact) mass is 453 g/mol. The van der Waals surface area contributed by atoms with E-state index in [1.807, 2.05) is 5.32 Å². The molecule has 31 heavy (non-hydrogen) atoms. The van der Waals surface area contributed by atoms with Crippen molar-refractivity contribution in [1.82, 2.24) is 15.2 Å². The highest BCUT2D eigenvalue weighted by Crippen LogP contribution is 2.44. The standard InChI is InChI=1S/C17H17F6N5O3/c18-16(19,20)8-7-9(24)11-13-27-28-14(31-13)15(30,17(21,22)23)6-4-2-1-3-5-10(29)25-12(8)26-11/h7,30H,1-6,24H2,(H,25,26,29)/t15-/m1/s1. The number of carbonyl (C=O) groups is 1. The summed E-state index contributed by atoms with van der Waals surface area (Å²) in [6, 6.07) is 0.454. The van der Waals surface area contributed by atoms with E-state index in [4.69, 9.17) is 10.2 Å². The van der Waals surface area contributed by atoms with Crippen LogP contribution in [0.5, 0.6) is 0 Å². The number of aromatic nitrogens is 3. The molecule has 0 saturated heterocycles. The van der Waals surface area contributed by atoms with Gasteiger partial charge in [-0.15, -0.1) is 10.2 Å². The van der Waals surface area contributed by atoms with Gasteiger partial charge in [0.1, 0.15) is 11.4 Å². The highest BCUT2D eigenvalue weighted by Gasteiger charge is 2.58. The van der Waals surface area contributed by atoms with E-state index >= 15 is 0 Å². The highest BCUT2D eigenvalue weighted by molar-refractivity contribution is 5.91. The van der Waals surface area contributed by atoms with Gasteiger partial charge in [0.25, 0.3) is 11.8 Å². The molecule has 0 spiro atoms. The molecule has 0 radical (unpaired) electrons. The fourth-order valence-corrected chi connectivity index (χ4v) is 3.08. The largest absolute Gasteiger partial charge is 0.426 e. The Morgan fingerprint density at radius 2 is 1.77 bits per heavy atom. The predicted octanol–water partition coefficient (Wildman–Crippen LogP) is 3.78. The summed E-state index contributed by atoms with van der Waals surface area (Å²) in [5, 5.41) is 18.9. The van der Waals surface area contributed by atoms with Crippen molar-refractivity contribution >= 4 is 17.4 Å². The Bertz CT molecular complexity index is 974. The molecule has 2 aromatic rings. The van der Waals surface area contributed by atoms with Crippen LogP contribution in [0.2, 0.25) is 0 Å². The SMILES string of the molecule is Nc1cc(C(F)(F)F)c2nc1-c1nnc(o1)[C@@](O)(C(F)(F)F)CCCCCCC(=O)N2. The number of aliphatic hydroxyl groups is 1. The summed E-state index contributed by atoms with van der Waals surface area (Å²) in [6.45, 7) is 0. The number of halogens is 6. The van der Waals surface area contributed by atoms with Crippen molar-refractivity contribution in [3.8, 4) is 11.6 Å². The Labute approximate surface area is 170 Å². The van der Waals surface area contributed by atoms with Crippen molar-refractivity contribution in [2.24, 2.45) is 0 Å². The molecular formula is C17H17F6N5O3. The molecule has 0 unspecified atom stereocenters. The number of nitrogen functional groups attached to an aromatic ring is 1. The molecule has 4 N–H and O–H groups in total. The van der Waals surface area contributed by atoms with Crippen molar-refractivity contribution in [1.29, 1.82) is 0 Å². The summed E-state index contributed by atoms with van der Waals surface area (Å²) in [5.41, 5.74) is -0.411. The van der Waals surface area contributed by atoms with E-state index in [2.05, 4.69) is 15.2 Å². The van der Waals surface area contributed by atoms with Crippen molar-refractivity contribution < 1.29 is 40.7 Å². The molecule has 1 aliphatic rings. The molecule has 14 heteroatoms. The van der Waals surface area contributed by atoms with Crippen LogP contribution in [0.25, 0.3) is 11.6 Å². The molecule has 1 amide bonds. The molecule has 4 bridgehead atoms. The van der Waals surface area contributed by atoms with Gasteiger partial charge in [-0.25, -0.2) is 4.98 Å². The van der Waals surface area contributed by atoms with E-state index in [-0.39, 0.29) is 25.7 Å². The van der Waals surface area contributed by atoms with Gasteiger partial charge in [0.2, 0.25) is 11.5 Å². The number of carbonyl (C=O) groups excluding carboxylic acids is 1. The lowest BCUT2D eigenvalue weighted by Crippen LogP contribution is -2.42. The molecule has 2 aromatic heterocycles. The number of amides is 1. The first-order valence-electron chi connectivity index (χ1n) is 9.14. The first kappa shape index (κ1) is 22.8. The van der Waals surface area contributed by atoms with Crippen molar-refractivity contribution in [3.05, 3.63) is 17.5 Å². The highest BCUT2D eigenvalue weighted by atomic mass is 19.4. The van der Waals surface area contributed by atoms with Gasteiger partial charge in [0.15, 0.2) is 5.69 Å². The molecule has 170 valence electrons. The van der Waals surface area contributed by atoms with Crippen molar-refractivity contribution in [2.45, 2.75) is 56.5 Å². The smallest absolute Gasteiger partial charge is 0.416 e. The molecule has 0 fully saturated rings. The fourth-order valence-electron chi connectivity index (χ4n) is 3.08. The summed E-state index contributed by atoms with van der Waals surface area (Å²) in [7, 11) is 0. The number of anilines is 2. The van der Waals surface area contributed by atoms with E-state index in [1.54, 1.807) is 0 Å². The van der Waals surface area contributed by atoms with Crippen molar-refractivity contribution in [3.63, 3.8) is 0 Å². The van der Waals surface area contributed by atoms with Crippen LogP contribution in [0.1, 0.15) is 50.0 Å². The second kappa shape index (κ2) is 7.98. The summed E-state index contributed by atoms with van der Waals surface area (Å²) >= 11 is 0. The maximum Gasteiger partial charge on any atom is 0.426 e. The molecule has 8 nitrogen and oxygen atoms in total. The quantitative estimate of drug-likeness (QED) is 0.518. The summed E-state index contributed by atoms with van der Waals surface area (Å²) < 4.78 is 85.7. The second-order valence-electron chi connectivity index (χ2n) is 7.05. The van der Waals surface area contributed by atoms with Crippen LogP contribution in [0, 0.1) is 0 Å². The number of hydrogen-bond acceptors (Lipinski definition) is 7. The molecule has 0 aromatic carbocycles. The Morgan fingerprint density at radius 1 is 1.10 bits per heavy atom. The molecular weight excluding hydrogens is 436 g/mol. The molecule has 1 aliphatic heterocycles. The number of hydrogen-bond donors (Lipinski definition) is 3. The zero-order valence-corrected chi connectivity index (χ0v) is 15.8. The van der Waals surface area contributed by atoms with Crippen LogP contribution >= 0.6 is 0 Å². The lowest BCUT2D eigenvalue weighted by molar-refractivity contribution is -0.277. The van der Waals surface area contributed by atoms with Crippen LogP contribution in [0.4, 0.5) is 37.8 Å². The van der Waals surface area contributed by atoms with E-state index in [9.17, 15) is 36.2 Å². The molecule has 3 rings (SSSR count). The minimum Gasteiger partial charge on any atom is -0.416 e. The third-order valence-corrected chi connectivity index (χ3v) is 4.76. The third kappa shape index (κ3) is 4.57. The number of nitrogens with two attached hydrogens (primary N) is 1. The lowest BCUT2D eigenvalue weighted by atomic mass is 9.94. The van der Waals surface area contributed by atoms with Crippen LogP contribution in [-0.2, 0) is 16.6 Å². The summed E-state index contributed by atoms with van der Waals surface area (Å²) in [4.78, 5) is 15.7. The summed E-state index contributed by atoms with van der Waals surface area (Å²) in [6.07, 6.45) is -10.4. The first-order chi connectivity index (χ1) is 14.3. The summed E-state index contributed by atoms with van der Waals surface area (Å²) in [5.74, 6) is -3.59. The van der Waals surface area contributed by atoms with Crippen LogP contribution < -0.4 is 11.1 Å². The Morgan fingerprint density at radius 3 is 2.42 bits per heavy atom. The van der Waals surface area contributed by atoms with E-state index < -0.39 is 64.8 Å². The number of alkyl halides is 6. The van der Waals surface area contributed by atoms with Crippen LogP contribution in [0.15, 0.2) is 10.5 Å². The molecule has 1 atom stereocenters. The van der Waals surface area contributed by atoms with E-state index in [0.717, 1.165) is 0 Å². The number of fused-ring (bicyclic) bond motifs is 5. The van der Waals surface area contributed by atoms with E-state index in [0.29, 0.717) is 12.5 Å². The van der Waals surface area contributed by atoms with Crippen molar-refractivity contribution in [2.75, 3.05) is 11.1 Å². The maximum absolute atomic E-state index is 13.6. The normalized spacial score (nSPS) is 21.2.